The summed E-state index contributed by atoms with van der Waals surface area (Å²) in [6.07, 6.45) is 0.320. The molecule has 0 spiro atoms. The molecule has 0 saturated heterocycles. The Kier molecular flexibility index (Phi) is 4.23. The van der Waals surface area contributed by atoms with Gasteiger partial charge in [0.05, 0.1) is 12.1 Å². The standard InChI is InChI=1S/C16H15ClO2/c1-11-5-3-8-14(16(11)17)15(18)10-12-6-4-7-13(9-12)19-2/h3-9H,10H2,1-2H3. The highest BCUT2D eigenvalue weighted by molar-refractivity contribution is 6.34. The lowest BCUT2D eigenvalue weighted by Crippen LogP contribution is -2.05. The lowest BCUT2D eigenvalue weighted by molar-refractivity contribution is 0.0993. The highest BCUT2D eigenvalue weighted by atomic mass is 35.5. The summed E-state index contributed by atoms with van der Waals surface area (Å²) in [7, 11) is 1.61. The van der Waals surface area contributed by atoms with E-state index in [0.29, 0.717) is 17.0 Å². The Hall–Kier alpha value is -1.80. The molecule has 0 atom stereocenters. The molecular formula is C16H15ClO2. The van der Waals surface area contributed by atoms with E-state index in [1.54, 1.807) is 13.2 Å². The smallest absolute Gasteiger partial charge is 0.168 e. The van der Waals surface area contributed by atoms with Crippen LogP contribution in [-0.2, 0) is 6.42 Å². The van der Waals surface area contributed by atoms with E-state index in [1.165, 1.54) is 0 Å². The maximum absolute atomic E-state index is 12.3. The number of aryl methyl sites for hydroxylation is 1. The van der Waals surface area contributed by atoms with E-state index < -0.39 is 0 Å². The average molecular weight is 275 g/mol. The number of methoxy groups -OCH3 is 1. The van der Waals surface area contributed by atoms with E-state index in [9.17, 15) is 4.79 Å². The minimum Gasteiger partial charge on any atom is -0.497 e. The molecule has 3 heteroatoms. The van der Waals surface area contributed by atoms with Crippen molar-refractivity contribution in [3.8, 4) is 5.75 Å². The van der Waals surface area contributed by atoms with E-state index in [4.69, 9.17) is 16.3 Å². The Balaban J connectivity index is 2.23. The molecule has 0 heterocycles. The van der Waals surface area contributed by atoms with Crippen LogP contribution in [0.5, 0.6) is 5.75 Å². The van der Waals surface area contributed by atoms with E-state index in [1.807, 2.05) is 43.3 Å². The molecule has 0 radical (unpaired) electrons. The van der Waals surface area contributed by atoms with Crippen LogP contribution < -0.4 is 4.74 Å². The molecule has 0 saturated carbocycles. The Morgan fingerprint density at radius 2 is 1.95 bits per heavy atom. The first-order valence-electron chi connectivity index (χ1n) is 6.03. The van der Waals surface area contributed by atoms with Crippen molar-refractivity contribution in [2.75, 3.05) is 7.11 Å². The van der Waals surface area contributed by atoms with Crippen LogP contribution in [-0.4, -0.2) is 12.9 Å². The Labute approximate surface area is 118 Å². The monoisotopic (exact) mass is 274 g/mol. The van der Waals surface area contributed by atoms with Gasteiger partial charge in [0.15, 0.2) is 5.78 Å². The van der Waals surface area contributed by atoms with Crippen molar-refractivity contribution in [2.45, 2.75) is 13.3 Å². The minimum absolute atomic E-state index is 0.0157. The minimum atomic E-state index is 0.0157. The van der Waals surface area contributed by atoms with Gasteiger partial charge in [-0.15, -0.1) is 0 Å². The Morgan fingerprint density at radius 3 is 2.68 bits per heavy atom. The molecule has 0 amide bonds. The maximum Gasteiger partial charge on any atom is 0.168 e. The van der Waals surface area contributed by atoms with Crippen molar-refractivity contribution in [2.24, 2.45) is 0 Å². The molecule has 0 aliphatic carbocycles. The first-order valence-corrected chi connectivity index (χ1v) is 6.41. The van der Waals surface area contributed by atoms with Gasteiger partial charge in [-0.2, -0.15) is 0 Å². The number of rotatable bonds is 4. The molecule has 0 unspecified atom stereocenters. The Morgan fingerprint density at radius 1 is 1.21 bits per heavy atom. The van der Waals surface area contributed by atoms with Gasteiger partial charge in [0, 0.05) is 12.0 Å². The van der Waals surface area contributed by atoms with Crippen LogP contribution in [0.3, 0.4) is 0 Å². The highest BCUT2D eigenvalue weighted by Crippen LogP contribution is 2.22. The third-order valence-corrected chi connectivity index (χ3v) is 3.49. The zero-order chi connectivity index (χ0) is 13.8. The van der Waals surface area contributed by atoms with Crippen LogP contribution in [0.2, 0.25) is 5.02 Å². The van der Waals surface area contributed by atoms with E-state index in [2.05, 4.69) is 0 Å². The van der Waals surface area contributed by atoms with Crippen LogP contribution in [0.4, 0.5) is 0 Å². The van der Waals surface area contributed by atoms with E-state index in [0.717, 1.165) is 16.9 Å². The van der Waals surface area contributed by atoms with Gasteiger partial charge >= 0.3 is 0 Å². The van der Waals surface area contributed by atoms with Crippen molar-refractivity contribution < 1.29 is 9.53 Å². The molecule has 0 fully saturated rings. The Bertz CT molecular complexity index is 605. The summed E-state index contributed by atoms with van der Waals surface area (Å²) in [5, 5.41) is 0.537. The normalized spacial score (nSPS) is 10.3. The quantitative estimate of drug-likeness (QED) is 0.785. The molecule has 0 aliphatic rings. The van der Waals surface area contributed by atoms with Crippen molar-refractivity contribution in [1.29, 1.82) is 0 Å². The van der Waals surface area contributed by atoms with Crippen molar-refractivity contribution in [1.82, 2.24) is 0 Å². The fourth-order valence-electron chi connectivity index (χ4n) is 1.93. The van der Waals surface area contributed by atoms with Gasteiger partial charge < -0.3 is 4.74 Å². The van der Waals surface area contributed by atoms with Gasteiger partial charge in [-0.1, -0.05) is 35.9 Å². The third kappa shape index (κ3) is 3.15. The fraction of sp³-hybridized carbons (Fsp3) is 0.188. The average Bonchev–Trinajstić information content (AvgIpc) is 2.42. The summed E-state index contributed by atoms with van der Waals surface area (Å²) < 4.78 is 5.15. The van der Waals surface area contributed by atoms with Gasteiger partial charge in [-0.3, -0.25) is 4.79 Å². The molecule has 2 aromatic rings. The van der Waals surface area contributed by atoms with Gasteiger partial charge in [0.25, 0.3) is 0 Å². The number of halogens is 1. The number of Topliss-reactive ketones (excluding diaryl/α,β-unsaturated/α-hetero) is 1. The molecule has 98 valence electrons. The second-order valence-corrected chi connectivity index (χ2v) is 4.77. The second kappa shape index (κ2) is 5.89. The van der Waals surface area contributed by atoms with Crippen LogP contribution in [0.15, 0.2) is 42.5 Å². The number of ether oxygens (including phenoxy) is 1. The zero-order valence-electron chi connectivity index (χ0n) is 10.9. The zero-order valence-corrected chi connectivity index (χ0v) is 11.7. The predicted molar refractivity (Wildman–Crippen MR) is 77.2 cm³/mol. The highest BCUT2D eigenvalue weighted by Gasteiger charge is 2.12. The van der Waals surface area contributed by atoms with Crippen molar-refractivity contribution in [3.63, 3.8) is 0 Å². The first kappa shape index (κ1) is 13.6. The molecule has 2 nitrogen and oxygen atoms in total. The van der Waals surface area contributed by atoms with Crippen LogP contribution in [0, 0.1) is 6.92 Å². The van der Waals surface area contributed by atoms with Crippen LogP contribution in [0.25, 0.3) is 0 Å². The topological polar surface area (TPSA) is 26.3 Å². The van der Waals surface area contributed by atoms with Crippen molar-refractivity contribution in [3.05, 3.63) is 64.2 Å². The number of benzene rings is 2. The molecule has 19 heavy (non-hydrogen) atoms. The summed E-state index contributed by atoms with van der Waals surface area (Å²) in [6.45, 7) is 1.89. The molecule has 0 aliphatic heterocycles. The van der Waals surface area contributed by atoms with Crippen LogP contribution >= 0.6 is 11.6 Å². The number of carbonyl (C=O) groups excluding carboxylic acids is 1. The van der Waals surface area contributed by atoms with Crippen molar-refractivity contribution >= 4 is 17.4 Å². The van der Waals surface area contributed by atoms with E-state index >= 15 is 0 Å². The maximum atomic E-state index is 12.3. The van der Waals surface area contributed by atoms with E-state index in [-0.39, 0.29) is 5.78 Å². The lowest BCUT2D eigenvalue weighted by Gasteiger charge is -2.07. The molecule has 2 rings (SSSR count). The molecule has 0 aromatic heterocycles. The molecular weight excluding hydrogens is 260 g/mol. The van der Waals surface area contributed by atoms with Crippen LogP contribution in [0.1, 0.15) is 21.5 Å². The molecule has 0 bridgehead atoms. The first-order chi connectivity index (χ1) is 9.11. The van der Waals surface area contributed by atoms with Gasteiger partial charge in [-0.05, 0) is 36.2 Å². The fourth-order valence-corrected chi connectivity index (χ4v) is 2.16. The number of ketones is 1. The lowest BCUT2D eigenvalue weighted by atomic mass is 10.0. The van der Waals surface area contributed by atoms with Gasteiger partial charge in [-0.25, -0.2) is 0 Å². The summed E-state index contributed by atoms with van der Waals surface area (Å²) in [5.41, 5.74) is 2.41. The third-order valence-electron chi connectivity index (χ3n) is 2.99. The largest absolute Gasteiger partial charge is 0.497 e. The summed E-state index contributed by atoms with van der Waals surface area (Å²) in [6, 6.07) is 13.0. The van der Waals surface area contributed by atoms with Gasteiger partial charge in [0.2, 0.25) is 0 Å². The number of carbonyl (C=O) groups is 1. The molecule has 2 aromatic carbocycles. The number of hydrogen-bond acceptors (Lipinski definition) is 2. The molecule has 0 N–H and O–H groups in total. The SMILES string of the molecule is COc1cccc(CC(=O)c2cccc(C)c2Cl)c1. The summed E-state index contributed by atoms with van der Waals surface area (Å²) in [4.78, 5) is 12.3. The van der Waals surface area contributed by atoms with Gasteiger partial charge in [0.1, 0.15) is 5.75 Å². The predicted octanol–water partition coefficient (Wildman–Crippen LogP) is 4.08. The summed E-state index contributed by atoms with van der Waals surface area (Å²) in [5.74, 6) is 0.766. The second-order valence-electron chi connectivity index (χ2n) is 4.39. The number of hydrogen-bond donors (Lipinski definition) is 0. The summed E-state index contributed by atoms with van der Waals surface area (Å²) >= 11 is 6.17.